The molecule has 0 unspecified atom stereocenters. The smallest absolute Gasteiger partial charge is 0.339 e. The van der Waals surface area contributed by atoms with Gasteiger partial charge in [0.25, 0.3) is 0 Å². The number of nitrogens with zero attached hydrogens (tertiary/aromatic N) is 3. The lowest BCUT2D eigenvalue weighted by Gasteiger charge is -2.27. The molecular weight excluding hydrogens is 1130 g/mol. The number of hydrogen-bond acceptors (Lipinski definition) is 18. The molecular formula is C66H80ClN3O14S. The van der Waals surface area contributed by atoms with E-state index in [0.29, 0.717) is 118 Å². The van der Waals surface area contributed by atoms with Crippen molar-refractivity contribution >= 4 is 80.3 Å². The summed E-state index contributed by atoms with van der Waals surface area (Å²) in [4.78, 5) is 81.9. The van der Waals surface area contributed by atoms with Crippen molar-refractivity contribution < 1.29 is 66.7 Å². The summed E-state index contributed by atoms with van der Waals surface area (Å²) in [6.45, 7) is 7.96. The summed E-state index contributed by atoms with van der Waals surface area (Å²) >= 11 is 7.10. The van der Waals surface area contributed by atoms with Crippen molar-refractivity contribution in [2.24, 2.45) is 16.9 Å². The number of para-hydroxylation sites is 1. The van der Waals surface area contributed by atoms with Gasteiger partial charge in [-0.05, 0) is 188 Å². The fraction of sp³-hybridized carbons (Fsp3) is 0.485. The maximum absolute atomic E-state index is 14.2. The van der Waals surface area contributed by atoms with Gasteiger partial charge in [0.15, 0.2) is 0 Å². The molecule has 4 aromatic carbocycles. The fourth-order valence-corrected chi connectivity index (χ4v) is 11.0. The summed E-state index contributed by atoms with van der Waals surface area (Å²) < 4.78 is 46.6. The average molecular weight is 1210 g/mol. The number of fused-ring (bicyclic) bond motifs is 1. The predicted molar refractivity (Wildman–Crippen MR) is 327 cm³/mol. The molecule has 2 fully saturated rings. The Bertz CT molecular complexity index is 2920. The molecule has 0 aliphatic heterocycles. The molecule has 0 saturated heterocycles. The molecule has 0 amide bonds. The van der Waals surface area contributed by atoms with Crippen LogP contribution in [0.5, 0.6) is 23.0 Å². The number of hydrogen-bond donors (Lipinski definition) is 0. The van der Waals surface area contributed by atoms with Gasteiger partial charge in [-0.1, -0.05) is 56.2 Å². The number of carbonyl (C=O) groups excluding carboxylic acids is 6. The number of ether oxygens (including phenoxy) is 8. The lowest BCUT2D eigenvalue weighted by atomic mass is 9.87. The van der Waals surface area contributed by atoms with Crippen molar-refractivity contribution in [3.05, 3.63) is 120 Å². The first kappa shape index (κ1) is 65.2. The summed E-state index contributed by atoms with van der Waals surface area (Å²) in [5.41, 5.74) is 1.90. The third kappa shape index (κ3) is 22.2. The van der Waals surface area contributed by atoms with Crippen molar-refractivity contribution in [3.8, 4) is 23.0 Å². The van der Waals surface area contributed by atoms with Gasteiger partial charge < -0.3 is 37.9 Å². The van der Waals surface area contributed by atoms with Crippen LogP contribution in [0.25, 0.3) is 10.2 Å². The zero-order chi connectivity index (χ0) is 60.0. The van der Waals surface area contributed by atoms with Crippen LogP contribution >= 0.6 is 22.9 Å². The van der Waals surface area contributed by atoms with E-state index in [1.807, 2.05) is 29.3 Å². The maximum atomic E-state index is 14.2. The standard InChI is InChI=1S/C66H80ClN3O14S/c1-3-5-6-13-40-70(66-69-58-18-11-12-19-59(58)85-66)68-46-50-45-56(84-64(75)49-22-28-53(29-23-49)81-62(73)47-20-26-51(27-21-47)77-41-14-7-9-16-43-79-60(71)4-2)36-37-57(50)65(76)83-54-30-24-48(25-31-54)63(74)82-55-34-32-52(33-35-55)78-42-15-8-10-17-44-80-61(72)38-39-67/h4,11-12,18-21,26-27,32-37,45-46,48-49,53-54H,2-3,5-10,13-17,22-25,28-31,38-44H2,1H3/b68-46+/t48-,49-,53-,54-. The highest BCUT2D eigenvalue weighted by atomic mass is 35.5. The van der Waals surface area contributed by atoms with E-state index in [0.717, 1.165) is 93.3 Å². The van der Waals surface area contributed by atoms with E-state index >= 15 is 0 Å². The average Bonchev–Trinajstić information content (AvgIpc) is 3.72. The minimum atomic E-state index is -0.564. The van der Waals surface area contributed by atoms with Crippen LogP contribution in [-0.4, -0.2) is 98.1 Å². The number of thiazole rings is 1. The van der Waals surface area contributed by atoms with Crippen molar-refractivity contribution in [2.45, 2.75) is 154 Å². The lowest BCUT2D eigenvalue weighted by Crippen LogP contribution is -2.30. The van der Waals surface area contributed by atoms with E-state index in [1.165, 1.54) is 11.3 Å². The number of rotatable bonds is 35. The van der Waals surface area contributed by atoms with Crippen LogP contribution in [-0.2, 0) is 38.1 Å². The molecule has 0 radical (unpaired) electrons. The summed E-state index contributed by atoms with van der Waals surface area (Å²) in [6.07, 6.45) is 16.9. The molecule has 19 heteroatoms. The van der Waals surface area contributed by atoms with Gasteiger partial charge in [-0.3, -0.25) is 14.4 Å². The van der Waals surface area contributed by atoms with Gasteiger partial charge in [0.1, 0.15) is 35.2 Å². The van der Waals surface area contributed by atoms with Gasteiger partial charge in [-0.15, -0.1) is 11.6 Å². The second-order valence-electron chi connectivity index (χ2n) is 21.3. The Kier molecular flexibility index (Phi) is 27.5. The van der Waals surface area contributed by atoms with Crippen LogP contribution in [0.2, 0.25) is 0 Å². The topological polar surface area (TPSA) is 205 Å². The highest BCUT2D eigenvalue weighted by molar-refractivity contribution is 7.22. The molecule has 2 aliphatic rings. The van der Waals surface area contributed by atoms with Crippen LogP contribution in [0.4, 0.5) is 5.13 Å². The Morgan fingerprint density at radius 1 is 0.624 bits per heavy atom. The highest BCUT2D eigenvalue weighted by Gasteiger charge is 2.32. The van der Waals surface area contributed by atoms with E-state index in [1.54, 1.807) is 72.9 Å². The number of halogens is 1. The molecule has 456 valence electrons. The Hall–Kier alpha value is -7.31. The molecule has 0 bridgehead atoms. The van der Waals surface area contributed by atoms with Gasteiger partial charge in [0.2, 0.25) is 5.13 Å². The molecule has 17 nitrogen and oxygen atoms in total. The molecule has 5 aromatic rings. The van der Waals surface area contributed by atoms with E-state index in [4.69, 9.17) is 59.6 Å². The van der Waals surface area contributed by atoms with Crippen LogP contribution < -0.4 is 24.0 Å². The van der Waals surface area contributed by atoms with Crippen LogP contribution in [0.3, 0.4) is 0 Å². The van der Waals surface area contributed by atoms with Gasteiger partial charge in [-0.25, -0.2) is 24.4 Å². The zero-order valence-corrected chi connectivity index (χ0v) is 50.3. The first-order valence-electron chi connectivity index (χ1n) is 30.1. The van der Waals surface area contributed by atoms with Gasteiger partial charge in [0.05, 0.1) is 72.2 Å². The molecule has 1 heterocycles. The first-order chi connectivity index (χ1) is 41.5. The van der Waals surface area contributed by atoms with Crippen molar-refractivity contribution in [3.63, 3.8) is 0 Å². The molecule has 7 rings (SSSR count). The normalized spacial score (nSPS) is 16.7. The third-order valence-corrected chi connectivity index (χ3v) is 16.0. The molecule has 2 aliphatic carbocycles. The number of esters is 6. The Balaban J connectivity index is 0.905. The fourth-order valence-electron chi connectivity index (χ4n) is 9.91. The Morgan fingerprint density at radius 3 is 1.76 bits per heavy atom. The predicted octanol–water partition coefficient (Wildman–Crippen LogP) is 14.1. The number of anilines is 1. The van der Waals surface area contributed by atoms with Crippen molar-refractivity contribution in [2.75, 3.05) is 43.9 Å². The lowest BCUT2D eigenvalue weighted by molar-refractivity contribution is -0.143. The molecule has 1 aromatic heterocycles. The summed E-state index contributed by atoms with van der Waals surface area (Å²) in [6, 6.07) is 26.5. The SMILES string of the molecule is C=CC(=O)OCCCCCCOc1ccc(C(=O)O[C@H]2CC[C@H](C(=O)Oc3ccc(C(=O)O[C@H]4CC[C@H](C(=O)Oc5ccc(OCCCCCCOC(=O)CCCl)cc5)CC4)c(/C=N/N(CCCCCC)c4nc5ccccc5s4)c3)CC2)cc1. The number of hydrazone groups is 1. The van der Waals surface area contributed by atoms with Gasteiger partial charge >= 0.3 is 35.8 Å². The molecule has 0 atom stereocenters. The van der Waals surface area contributed by atoms with E-state index in [2.05, 4.69) is 13.5 Å². The molecule has 2 saturated carbocycles. The highest BCUT2D eigenvalue weighted by Crippen LogP contribution is 2.33. The van der Waals surface area contributed by atoms with Crippen molar-refractivity contribution in [1.29, 1.82) is 0 Å². The van der Waals surface area contributed by atoms with Gasteiger partial charge in [-0.2, -0.15) is 5.10 Å². The molecule has 85 heavy (non-hydrogen) atoms. The number of benzene rings is 4. The van der Waals surface area contributed by atoms with Gasteiger partial charge in [0, 0.05) is 24.1 Å². The minimum Gasteiger partial charge on any atom is -0.494 e. The Morgan fingerprint density at radius 2 is 1.16 bits per heavy atom. The largest absolute Gasteiger partial charge is 0.494 e. The summed E-state index contributed by atoms with van der Waals surface area (Å²) in [5.74, 6) is -1.02. The monoisotopic (exact) mass is 1210 g/mol. The number of unbranched alkanes of at least 4 members (excludes halogenated alkanes) is 9. The maximum Gasteiger partial charge on any atom is 0.339 e. The molecule has 0 N–H and O–H groups in total. The third-order valence-electron chi connectivity index (χ3n) is 14.8. The Labute approximate surface area is 507 Å². The summed E-state index contributed by atoms with van der Waals surface area (Å²) in [5, 5.41) is 7.49. The van der Waals surface area contributed by atoms with Crippen LogP contribution in [0, 0.1) is 11.8 Å². The van der Waals surface area contributed by atoms with E-state index in [-0.39, 0.29) is 47.6 Å². The number of aromatic nitrogens is 1. The minimum absolute atomic E-state index is 0.222. The quantitative estimate of drug-likeness (QED) is 0.00541. The first-order valence-corrected chi connectivity index (χ1v) is 31.5. The van der Waals surface area contributed by atoms with Crippen LogP contribution in [0.15, 0.2) is 109 Å². The van der Waals surface area contributed by atoms with Crippen molar-refractivity contribution in [1.82, 2.24) is 4.98 Å². The number of alkyl halides is 1. The summed E-state index contributed by atoms with van der Waals surface area (Å²) in [7, 11) is 0. The van der Waals surface area contributed by atoms with Crippen LogP contribution in [0.1, 0.15) is 168 Å². The zero-order valence-electron chi connectivity index (χ0n) is 48.8. The molecule has 0 spiro atoms. The van der Waals surface area contributed by atoms with E-state index in [9.17, 15) is 28.8 Å². The second kappa shape index (κ2) is 35.9. The van der Waals surface area contributed by atoms with E-state index < -0.39 is 35.9 Å². The number of carbonyl (C=O) groups is 6. The second-order valence-corrected chi connectivity index (χ2v) is 22.7.